The molecule has 0 fully saturated rings. The monoisotopic (exact) mass is 340 g/mol. The quantitative estimate of drug-likeness (QED) is 0.658. The van der Waals surface area contributed by atoms with Crippen LogP contribution in [0.25, 0.3) is 0 Å². The summed E-state index contributed by atoms with van der Waals surface area (Å²) in [5.74, 6) is 0.705. The molecule has 19 heavy (non-hydrogen) atoms. The summed E-state index contributed by atoms with van der Waals surface area (Å²) in [7, 11) is 1.68. The van der Waals surface area contributed by atoms with Crippen LogP contribution in [0.3, 0.4) is 0 Å². The molecule has 0 aliphatic heterocycles. The molecule has 0 spiro atoms. The molecule has 0 saturated carbocycles. The van der Waals surface area contributed by atoms with E-state index in [1.807, 2.05) is 24.3 Å². The van der Waals surface area contributed by atoms with Crippen LogP contribution in [0.4, 0.5) is 17.5 Å². The molecule has 0 unspecified atom stereocenters. The molecule has 98 valence electrons. The van der Waals surface area contributed by atoms with Gasteiger partial charge in [-0.25, -0.2) is 4.98 Å². The van der Waals surface area contributed by atoms with Crippen molar-refractivity contribution in [1.82, 2.24) is 9.97 Å². The SMILES string of the molecule is CNc1nc(Cl)c(C=O)c(Nc2ccc(Br)cc2)n1. The molecule has 2 rings (SSSR count). The predicted octanol–water partition coefficient (Wildman–Crippen LogP) is 3.49. The van der Waals surface area contributed by atoms with E-state index in [1.165, 1.54) is 0 Å². The highest BCUT2D eigenvalue weighted by molar-refractivity contribution is 9.10. The third-order valence-electron chi connectivity index (χ3n) is 2.35. The Bertz CT molecular complexity index is 603. The molecule has 1 aromatic heterocycles. The van der Waals surface area contributed by atoms with Gasteiger partial charge >= 0.3 is 0 Å². The molecule has 2 N–H and O–H groups in total. The summed E-state index contributed by atoms with van der Waals surface area (Å²) in [6.07, 6.45) is 0.628. The van der Waals surface area contributed by atoms with Gasteiger partial charge < -0.3 is 10.6 Å². The van der Waals surface area contributed by atoms with Crippen LogP contribution in [0.2, 0.25) is 5.15 Å². The lowest BCUT2D eigenvalue weighted by Crippen LogP contribution is -2.05. The third-order valence-corrected chi connectivity index (χ3v) is 3.16. The molecule has 0 aliphatic rings. The zero-order chi connectivity index (χ0) is 13.8. The van der Waals surface area contributed by atoms with E-state index < -0.39 is 0 Å². The first-order valence-electron chi connectivity index (χ1n) is 5.37. The van der Waals surface area contributed by atoms with Gasteiger partial charge in [-0.1, -0.05) is 27.5 Å². The zero-order valence-electron chi connectivity index (χ0n) is 9.95. The number of aromatic nitrogens is 2. The Labute approximate surface area is 123 Å². The van der Waals surface area contributed by atoms with Crippen molar-refractivity contribution in [2.45, 2.75) is 0 Å². The molecule has 7 heteroatoms. The fraction of sp³-hybridized carbons (Fsp3) is 0.0833. The van der Waals surface area contributed by atoms with E-state index in [0.717, 1.165) is 10.2 Å². The fourth-order valence-corrected chi connectivity index (χ4v) is 1.90. The van der Waals surface area contributed by atoms with Crippen molar-refractivity contribution < 1.29 is 4.79 Å². The number of rotatable bonds is 4. The average molecular weight is 342 g/mol. The molecule has 0 amide bonds. The van der Waals surface area contributed by atoms with Crippen LogP contribution >= 0.6 is 27.5 Å². The van der Waals surface area contributed by atoms with E-state index in [1.54, 1.807) is 7.05 Å². The molecule has 0 saturated heterocycles. The maximum absolute atomic E-state index is 11.1. The second kappa shape index (κ2) is 5.99. The van der Waals surface area contributed by atoms with Gasteiger partial charge in [-0.3, -0.25) is 4.79 Å². The number of benzene rings is 1. The van der Waals surface area contributed by atoms with Crippen molar-refractivity contribution in [1.29, 1.82) is 0 Å². The number of hydrogen-bond donors (Lipinski definition) is 2. The molecule has 0 aliphatic carbocycles. The number of nitrogens with zero attached hydrogens (tertiary/aromatic N) is 2. The van der Waals surface area contributed by atoms with Crippen LogP contribution in [0.15, 0.2) is 28.7 Å². The predicted molar refractivity (Wildman–Crippen MR) is 79.4 cm³/mol. The van der Waals surface area contributed by atoms with E-state index in [-0.39, 0.29) is 10.7 Å². The highest BCUT2D eigenvalue weighted by atomic mass is 79.9. The number of carbonyl (C=O) groups excluding carboxylic acids is 1. The first kappa shape index (κ1) is 13.8. The molecular weight excluding hydrogens is 332 g/mol. The lowest BCUT2D eigenvalue weighted by molar-refractivity contribution is 0.112. The minimum atomic E-state index is 0.106. The van der Waals surface area contributed by atoms with E-state index in [2.05, 4.69) is 36.5 Å². The zero-order valence-corrected chi connectivity index (χ0v) is 12.3. The second-order valence-electron chi connectivity index (χ2n) is 3.60. The molecule has 1 aromatic carbocycles. The van der Waals surface area contributed by atoms with Gasteiger partial charge in [0.25, 0.3) is 0 Å². The Kier molecular flexibility index (Phi) is 4.34. The Morgan fingerprint density at radius 3 is 2.53 bits per heavy atom. The van der Waals surface area contributed by atoms with Gasteiger partial charge in [0.2, 0.25) is 5.95 Å². The summed E-state index contributed by atoms with van der Waals surface area (Å²) in [5, 5.41) is 5.93. The minimum absolute atomic E-state index is 0.106. The molecular formula is C12H10BrClN4O. The van der Waals surface area contributed by atoms with Crippen molar-refractivity contribution in [3.05, 3.63) is 39.5 Å². The number of nitrogens with one attached hydrogen (secondary N) is 2. The van der Waals surface area contributed by atoms with Crippen LogP contribution in [-0.2, 0) is 0 Å². The summed E-state index contributed by atoms with van der Waals surface area (Å²) in [6, 6.07) is 7.47. The van der Waals surface area contributed by atoms with Crippen LogP contribution in [0.5, 0.6) is 0 Å². The maximum atomic E-state index is 11.1. The Morgan fingerprint density at radius 1 is 1.26 bits per heavy atom. The van der Waals surface area contributed by atoms with Crippen LogP contribution in [0, 0.1) is 0 Å². The van der Waals surface area contributed by atoms with Crippen molar-refractivity contribution in [2.24, 2.45) is 0 Å². The smallest absolute Gasteiger partial charge is 0.225 e. The van der Waals surface area contributed by atoms with E-state index in [4.69, 9.17) is 11.6 Å². The Hall–Kier alpha value is -1.66. The highest BCUT2D eigenvalue weighted by Gasteiger charge is 2.12. The number of hydrogen-bond acceptors (Lipinski definition) is 5. The van der Waals surface area contributed by atoms with Crippen molar-refractivity contribution in [2.75, 3.05) is 17.7 Å². The van der Waals surface area contributed by atoms with E-state index in [9.17, 15) is 4.79 Å². The normalized spacial score (nSPS) is 10.1. The lowest BCUT2D eigenvalue weighted by atomic mass is 10.3. The first-order valence-corrected chi connectivity index (χ1v) is 6.54. The third kappa shape index (κ3) is 3.21. The molecule has 0 bridgehead atoms. The largest absolute Gasteiger partial charge is 0.357 e. The van der Waals surface area contributed by atoms with Crippen molar-refractivity contribution in [3.8, 4) is 0 Å². The van der Waals surface area contributed by atoms with E-state index >= 15 is 0 Å². The van der Waals surface area contributed by atoms with Crippen molar-refractivity contribution in [3.63, 3.8) is 0 Å². The topological polar surface area (TPSA) is 66.9 Å². The van der Waals surface area contributed by atoms with Gasteiger partial charge in [0.05, 0.1) is 5.56 Å². The highest BCUT2D eigenvalue weighted by Crippen LogP contribution is 2.25. The van der Waals surface area contributed by atoms with Gasteiger partial charge in [0.1, 0.15) is 11.0 Å². The molecule has 1 heterocycles. The van der Waals surface area contributed by atoms with Crippen molar-refractivity contribution >= 4 is 51.3 Å². The standard InChI is InChI=1S/C12H10BrClN4O/c1-15-12-17-10(14)9(6-19)11(18-12)16-8-4-2-7(13)3-5-8/h2-6H,1H3,(H2,15,16,17,18). The maximum Gasteiger partial charge on any atom is 0.225 e. The van der Waals surface area contributed by atoms with Crippen LogP contribution < -0.4 is 10.6 Å². The minimum Gasteiger partial charge on any atom is -0.357 e. The average Bonchev–Trinajstić information content (AvgIpc) is 2.41. The second-order valence-corrected chi connectivity index (χ2v) is 4.87. The van der Waals surface area contributed by atoms with Gasteiger partial charge in [-0.05, 0) is 24.3 Å². The molecule has 0 atom stereocenters. The van der Waals surface area contributed by atoms with Gasteiger partial charge in [-0.2, -0.15) is 4.98 Å². The Morgan fingerprint density at radius 2 is 1.95 bits per heavy atom. The first-order chi connectivity index (χ1) is 9.13. The molecule has 2 aromatic rings. The fourth-order valence-electron chi connectivity index (χ4n) is 1.42. The molecule has 5 nitrogen and oxygen atoms in total. The van der Waals surface area contributed by atoms with E-state index in [0.29, 0.717) is 18.1 Å². The summed E-state index contributed by atoms with van der Waals surface area (Å²) < 4.78 is 0.963. The summed E-state index contributed by atoms with van der Waals surface area (Å²) in [5.41, 5.74) is 1.02. The number of carbonyl (C=O) groups is 1. The Balaban J connectivity index is 2.40. The summed E-state index contributed by atoms with van der Waals surface area (Å²) in [6.45, 7) is 0. The summed E-state index contributed by atoms with van der Waals surface area (Å²) in [4.78, 5) is 19.2. The molecule has 0 radical (unpaired) electrons. The van der Waals surface area contributed by atoms with Gasteiger partial charge in [0.15, 0.2) is 6.29 Å². The number of anilines is 3. The number of halogens is 2. The van der Waals surface area contributed by atoms with Gasteiger partial charge in [0, 0.05) is 17.2 Å². The van der Waals surface area contributed by atoms with Gasteiger partial charge in [-0.15, -0.1) is 0 Å². The number of aldehydes is 1. The van der Waals surface area contributed by atoms with Crippen LogP contribution in [-0.4, -0.2) is 23.3 Å². The summed E-state index contributed by atoms with van der Waals surface area (Å²) >= 11 is 9.29. The lowest BCUT2D eigenvalue weighted by Gasteiger charge is -2.10. The van der Waals surface area contributed by atoms with Crippen LogP contribution in [0.1, 0.15) is 10.4 Å².